The summed E-state index contributed by atoms with van der Waals surface area (Å²) in [5, 5.41) is 3.62. The van der Waals surface area contributed by atoms with Crippen molar-refractivity contribution in [1.29, 1.82) is 0 Å². The van der Waals surface area contributed by atoms with Crippen LogP contribution in [-0.2, 0) is 4.74 Å². The second-order valence-corrected chi connectivity index (χ2v) is 6.20. The van der Waals surface area contributed by atoms with Gasteiger partial charge in [-0.05, 0) is 46.6 Å². The fraction of sp³-hybridized carbons (Fsp3) is 0.786. The molecule has 0 aliphatic heterocycles. The lowest BCUT2D eigenvalue weighted by molar-refractivity contribution is 0.0117. The zero-order valence-corrected chi connectivity index (χ0v) is 13.1. The van der Waals surface area contributed by atoms with Crippen molar-refractivity contribution in [2.24, 2.45) is 0 Å². The zero-order valence-electron chi connectivity index (χ0n) is 12.2. The van der Waals surface area contributed by atoms with Crippen molar-refractivity contribution < 1.29 is 4.74 Å². The lowest BCUT2D eigenvalue weighted by Gasteiger charge is -2.26. The third-order valence-corrected chi connectivity index (χ3v) is 4.37. The van der Waals surface area contributed by atoms with Gasteiger partial charge in [-0.2, -0.15) is 0 Å². The van der Waals surface area contributed by atoms with E-state index >= 15 is 0 Å². The molecule has 0 aliphatic carbocycles. The first-order chi connectivity index (χ1) is 8.50. The molecule has 0 saturated heterocycles. The number of ether oxygens (including phenoxy) is 1. The molecule has 1 aromatic rings. The fourth-order valence-electron chi connectivity index (χ4n) is 1.88. The quantitative estimate of drug-likeness (QED) is 0.782. The van der Waals surface area contributed by atoms with Crippen LogP contribution in [0.4, 0.5) is 0 Å². The molecule has 1 atom stereocenters. The highest BCUT2D eigenvalue weighted by atomic mass is 32.1. The van der Waals surface area contributed by atoms with Crippen LogP contribution in [-0.4, -0.2) is 24.2 Å². The van der Waals surface area contributed by atoms with E-state index in [4.69, 9.17) is 4.74 Å². The lowest BCUT2D eigenvalue weighted by Crippen LogP contribution is -2.27. The Morgan fingerprint density at radius 2 is 2.22 bits per heavy atom. The van der Waals surface area contributed by atoms with Crippen LogP contribution in [0.25, 0.3) is 0 Å². The molecule has 0 amide bonds. The molecular formula is C14H26N2OS. The Bertz CT molecular complexity index is 349. The average molecular weight is 270 g/mol. The summed E-state index contributed by atoms with van der Waals surface area (Å²) in [6.07, 6.45) is 3.29. The van der Waals surface area contributed by atoms with E-state index in [1.54, 1.807) is 18.4 Å². The molecule has 3 nitrogen and oxygen atoms in total. The van der Waals surface area contributed by atoms with E-state index in [1.165, 1.54) is 4.88 Å². The Morgan fingerprint density at radius 3 is 2.72 bits per heavy atom. The molecule has 4 heteroatoms. The Hall–Kier alpha value is -0.450. The fourth-order valence-corrected chi connectivity index (χ4v) is 2.80. The Labute approximate surface area is 115 Å². The molecular weight excluding hydrogens is 244 g/mol. The van der Waals surface area contributed by atoms with Crippen LogP contribution >= 0.6 is 11.3 Å². The summed E-state index contributed by atoms with van der Waals surface area (Å²) < 4.78 is 5.50. The number of methoxy groups -OCH3 is 1. The number of rotatable bonds is 8. The van der Waals surface area contributed by atoms with Crippen LogP contribution in [0.3, 0.4) is 0 Å². The molecule has 0 radical (unpaired) electrons. The number of aromatic nitrogens is 1. The second-order valence-electron chi connectivity index (χ2n) is 5.31. The summed E-state index contributed by atoms with van der Waals surface area (Å²) >= 11 is 1.75. The molecule has 0 spiro atoms. The van der Waals surface area contributed by atoms with Gasteiger partial charge in [0.15, 0.2) is 0 Å². The van der Waals surface area contributed by atoms with Crippen molar-refractivity contribution in [3.63, 3.8) is 0 Å². The third kappa shape index (κ3) is 4.67. The van der Waals surface area contributed by atoms with E-state index < -0.39 is 0 Å². The normalized spacial score (nSPS) is 13.8. The van der Waals surface area contributed by atoms with Crippen molar-refractivity contribution >= 4 is 11.3 Å². The van der Waals surface area contributed by atoms with Crippen molar-refractivity contribution in [3.8, 4) is 0 Å². The van der Waals surface area contributed by atoms with E-state index in [0.717, 1.165) is 31.5 Å². The molecule has 1 unspecified atom stereocenters. The molecule has 1 aromatic heterocycles. The first kappa shape index (κ1) is 15.6. The molecule has 1 N–H and O–H groups in total. The molecule has 1 heterocycles. The number of aryl methyl sites for hydroxylation is 1. The van der Waals surface area contributed by atoms with Gasteiger partial charge in [-0.1, -0.05) is 6.92 Å². The second kappa shape index (κ2) is 7.22. The lowest BCUT2D eigenvalue weighted by atomic mass is 9.97. The highest BCUT2D eigenvalue weighted by Crippen LogP contribution is 2.28. The van der Waals surface area contributed by atoms with E-state index in [0.29, 0.717) is 6.04 Å². The molecule has 0 aliphatic rings. The first-order valence-electron chi connectivity index (χ1n) is 6.68. The van der Waals surface area contributed by atoms with Crippen molar-refractivity contribution in [2.75, 3.05) is 13.7 Å². The molecule has 0 saturated carbocycles. The Balaban J connectivity index is 2.65. The topological polar surface area (TPSA) is 34.1 Å². The van der Waals surface area contributed by atoms with E-state index in [2.05, 4.69) is 38.0 Å². The van der Waals surface area contributed by atoms with Gasteiger partial charge in [0.25, 0.3) is 0 Å². The number of hydrogen-bond acceptors (Lipinski definition) is 4. The summed E-state index contributed by atoms with van der Waals surface area (Å²) in [6.45, 7) is 9.62. The summed E-state index contributed by atoms with van der Waals surface area (Å²) in [7, 11) is 1.78. The minimum Gasteiger partial charge on any atom is -0.379 e. The monoisotopic (exact) mass is 270 g/mol. The Kier molecular flexibility index (Phi) is 6.26. The van der Waals surface area contributed by atoms with Gasteiger partial charge in [0.1, 0.15) is 0 Å². The van der Waals surface area contributed by atoms with E-state index in [9.17, 15) is 0 Å². The van der Waals surface area contributed by atoms with Crippen LogP contribution in [0.1, 0.15) is 56.6 Å². The third-order valence-electron chi connectivity index (χ3n) is 3.33. The molecule has 0 aromatic carbocycles. The zero-order chi connectivity index (χ0) is 13.6. The van der Waals surface area contributed by atoms with Crippen LogP contribution < -0.4 is 5.32 Å². The van der Waals surface area contributed by atoms with Crippen LogP contribution in [0.2, 0.25) is 0 Å². The number of thiazole rings is 1. The molecule has 0 fully saturated rings. The van der Waals surface area contributed by atoms with Crippen LogP contribution in [0.15, 0.2) is 5.51 Å². The van der Waals surface area contributed by atoms with Gasteiger partial charge in [-0.3, -0.25) is 0 Å². The molecule has 0 bridgehead atoms. The standard InChI is InChI=1S/C14H26N2OS/c1-6-9-15-12(7-8-14(3,4)17-5)13-11(2)16-10-18-13/h10,12,15H,6-9H2,1-5H3. The maximum absolute atomic E-state index is 5.50. The largest absolute Gasteiger partial charge is 0.379 e. The minimum absolute atomic E-state index is 0.0509. The Morgan fingerprint density at radius 1 is 1.50 bits per heavy atom. The summed E-state index contributed by atoms with van der Waals surface area (Å²) in [6, 6.07) is 0.409. The number of nitrogens with zero attached hydrogens (tertiary/aromatic N) is 1. The smallest absolute Gasteiger partial charge is 0.0798 e. The summed E-state index contributed by atoms with van der Waals surface area (Å²) in [4.78, 5) is 5.73. The SMILES string of the molecule is CCCNC(CCC(C)(C)OC)c1scnc1C. The van der Waals surface area contributed by atoms with Gasteiger partial charge >= 0.3 is 0 Å². The van der Waals surface area contributed by atoms with E-state index in [-0.39, 0.29) is 5.60 Å². The molecule has 18 heavy (non-hydrogen) atoms. The van der Waals surface area contributed by atoms with Gasteiger partial charge in [-0.15, -0.1) is 11.3 Å². The van der Waals surface area contributed by atoms with Gasteiger partial charge in [-0.25, -0.2) is 4.98 Å². The van der Waals surface area contributed by atoms with Crippen molar-refractivity contribution in [3.05, 3.63) is 16.1 Å². The summed E-state index contributed by atoms with van der Waals surface area (Å²) in [5.41, 5.74) is 3.04. The number of nitrogens with one attached hydrogen (secondary N) is 1. The van der Waals surface area contributed by atoms with Crippen molar-refractivity contribution in [2.45, 2.75) is 58.6 Å². The first-order valence-corrected chi connectivity index (χ1v) is 7.56. The maximum atomic E-state index is 5.50. The minimum atomic E-state index is -0.0509. The van der Waals surface area contributed by atoms with Gasteiger partial charge in [0, 0.05) is 18.0 Å². The van der Waals surface area contributed by atoms with Gasteiger partial charge in [0.2, 0.25) is 0 Å². The number of hydrogen-bond donors (Lipinski definition) is 1. The van der Waals surface area contributed by atoms with E-state index in [1.807, 2.05) is 5.51 Å². The highest BCUT2D eigenvalue weighted by Gasteiger charge is 2.21. The molecule has 1 rings (SSSR count). The summed E-state index contributed by atoms with van der Waals surface area (Å²) in [5.74, 6) is 0. The highest BCUT2D eigenvalue weighted by molar-refractivity contribution is 7.09. The van der Waals surface area contributed by atoms with Gasteiger partial charge < -0.3 is 10.1 Å². The van der Waals surface area contributed by atoms with Crippen molar-refractivity contribution in [1.82, 2.24) is 10.3 Å². The van der Waals surface area contributed by atoms with Crippen LogP contribution in [0, 0.1) is 6.92 Å². The van der Waals surface area contributed by atoms with Gasteiger partial charge in [0.05, 0.1) is 16.8 Å². The van der Waals surface area contributed by atoms with Crippen LogP contribution in [0.5, 0.6) is 0 Å². The predicted octanol–water partition coefficient (Wildman–Crippen LogP) is 3.70. The average Bonchev–Trinajstić information content (AvgIpc) is 2.76. The maximum Gasteiger partial charge on any atom is 0.0798 e. The predicted molar refractivity (Wildman–Crippen MR) is 78.2 cm³/mol. The molecule has 104 valence electrons.